The number of nitrogens with zero attached hydrogens (tertiary/aromatic N) is 1. The topological polar surface area (TPSA) is 61.8 Å². The van der Waals surface area contributed by atoms with Gasteiger partial charge in [0.2, 0.25) is 0 Å². The van der Waals surface area contributed by atoms with E-state index in [4.69, 9.17) is 9.84 Å². The molecule has 1 aromatic carbocycles. The molecule has 1 aromatic rings. The highest BCUT2D eigenvalue weighted by molar-refractivity contribution is 5.74. The number of hydrogen-bond acceptors (Lipinski definition) is 4. The van der Waals surface area contributed by atoms with Gasteiger partial charge in [-0.3, -0.25) is 4.79 Å². The van der Waals surface area contributed by atoms with Gasteiger partial charge in [-0.25, -0.2) is 0 Å². The monoisotopic (exact) mass is 238 g/mol. The molecule has 94 valence electrons. The molecular weight excluding hydrogens is 220 g/mol. The second kappa shape index (κ2) is 6.10. The Bertz CT molecular complexity index is 365. The van der Waals surface area contributed by atoms with Crippen LogP contribution in [0.4, 0.5) is 5.69 Å². The summed E-state index contributed by atoms with van der Waals surface area (Å²) in [4.78, 5) is 12.8. The van der Waals surface area contributed by atoms with Gasteiger partial charge in [-0.15, -0.1) is 0 Å². The molecule has 1 unspecified atom stereocenters. The van der Waals surface area contributed by atoms with Crippen LogP contribution in [-0.4, -0.2) is 44.9 Å². The predicted octanol–water partition coefficient (Wildman–Crippen LogP) is 0.804. The first-order valence-corrected chi connectivity index (χ1v) is 5.33. The van der Waals surface area contributed by atoms with Gasteiger partial charge in [0.1, 0.15) is 11.8 Å². The lowest BCUT2D eigenvalue weighted by Gasteiger charge is -2.23. The molecule has 0 aliphatic carbocycles. The Morgan fingerprint density at radius 3 is 2.47 bits per heavy atom. The molecule has 0 radical (unpaired) electrons. The highest BCUT2D eigenvalue weighted by atomic mass is 16.5. The average Bonchev–Trinajstić information content (AvgIpc) is 2.35. The summed E-state index contributed by atoms with van der Waals surface area (Å²) in [5.41, 5.74) is 0.951. The van der Waals surface area contributed by atoms with Gasteiger partial charge in [0.05, 0.1) is 7.11 Å². The van der Waals surface area contributed by atoms with Gasteiger partial charge in [0.15, 0.2) is 0 Å². The molecule has 0 saturated heterocycles. The fourth-order valence-electron chi connectivity index (χ4n) is 1.51. The van der Waals surface area contributed by atoms with Crippen molar-refractivity contribution in [1.29, 1.82) is 0 Å². The minimum atomic E-state index is -0.854. The van der Waals surface area contributed by atoms with Crippen LogP contribution in [0.1, 0.15) is 0 Å². The normalized spacial score (nSPS) is 11.9. The van der Waals surface area contributed by atoms with Crippen LogP contribution in [0.3, 0.4) is 0 Å². The molecular formula is C12H18N2O3. The lowest BCUT2D eigenvalue weighted by Crippen LogP contribution is -2.43. The predicted molar refractivity (Wildman–Crippen MR) is 66.7 cm³/mol. The van der Waals surface area contributed by atoms with Gasteiger partial charge < -0.3 is 20.1 Å². The Kier molecular flexibility index (Phi) is 4.78. The summed E-state index contributed by atoms with van der Waals surface area (Å²) in [7, 11) is 5.11. The third kappa shape index (κ3) is 3.64. The molecule has 0 spiro atoms. The summed E-state index contributed by atoms with van der Waals surface area (Å²) >= 11 is 0. The van der Waals surface area contributed by atoms with Crippen molar-refractivity contribution in [3.05, 3.63) is 24.3 Å². The van der Waals surface area contributed by atoms with Gasteiger partial charge in [0.25, 0.3) is 0 Å². The molecule has 2 N–H and O–H groups in total. The molecule has 1 atom stereocenters. The van der Waals surface area contributed by atoms with Gasteiger partial charge in [-0.2, -0.15) is 0 Å². The Morgan fingerprint density at radius 2 is 2.06 bits per heavy atom. The van der Waals surface area contributed by atoms with Gasteiger partial charge >= 0.3 is 5.97 Å². The quantitative estimate of drug-likeness (QED) is 0.767. The third-order valence-corrected chi connectivity index (χ3v) is 2.62. The molecule has 0 heterocycles. The molecule has 17 heavy (non-hydrogen) atoms. The molecule has 5 heteroatoms. The lowest BCUT2D eigenvalue weighted by molar-refractivity contribution is -0.139. The van der Waals surface area contributed by atoms with Crippen LogP contribution >= 0.6 is 0 Å². The standard InChI is InChI=1S/C12H18N2O3/c1-13-11(12(15)16)8-14(2)9-4-6-10(17-3)7-5-9/h4-7,11,13H,8H2,1-3H3,(H,15,16). The van der Waals surface area contributed by atoms with Crippen molar-refractivity contribution in [3.8, 4) is 5.75 Å². The zero-order valence-corrected chi connectivity index (χ0v) is 10.3. The maximum atomic E-state index is 10.9. The number of carbonyl (C=O) groups is 1. The van der Waals surface area contributed by atoms with Gasteiger partial charge in [-0.05, 0) is 31.3 Å². The van der Waals surface area contributed by atoms with Crippen molar-refractivity contribution in [2.75, 3.05) is 32.6 Å². The molecule has 0 aliphatic rings. The van der Waals surface area contributed by atoms with Crippen LogP contribution in [0, 0.1) is 0 Å². The van der Waals surface area contributed by atoms with Gasteiger partial charge in [0, 0.05) is 19.3 Å². The molecule has 5 nitrogen and oxygen atoms in total. The summed E-state index contributed by atoms with van der Waals surface area (Å²) in [6.07, 6.45) is 0. The zero-order chi connectivity index (χ0) is 12.8. The number of ether oxygens (including phenoxy) is 1. The molecule has 0 amide bonds. The molecule has 1 rings (SSSR count). The SMILES string of the molecule is CNC(CN(C)c1ccc(OC)cc1)C(=O)O. The molecule has 0 saturated carbocycles. The first-order valence-electron chi connectivity index (χ1n) is 5.33. The number of likely N-dealkylation sites (N-methyl/N-ethyl adjacent to an activating group) is 2. The number of anilines is 1. The minimum Gasteiger partial charge on any atom is -0.497 e. The van der Waals surface area contributed by atoms with E-state index < -0.39 is 12.0 Å². The second-order valence-electron chi connectivity index (χ2n) is 3.76. The highest BCUT2D eigenvalue weighted by Crippen LogP contribution is 2.18. The number of nitrogens with one attached hydrogen (secondary N) is 1. The van der Waals surface area contributed by atoms with E-state index >= 15 is 0 Å². The van der Waals surface area contributed by atoms with Crippen LogP contribution in [0.2, 0.25) is 0 Å². The van der Waals surface area contributed by atoms with Crippen molar-refractivity contribution < 1.29 is 14.6 Å². The van der Waals surface area contributed by atoms with Crippen molar-refractivity contribution in [3.63, 3.8) is 0 Å². The van der Waals surface area contributed by atoms with Crippen molar-refractivity contribution in [1.82, 2.24) is 5.32 Å². The summed E-state index contributed by atoms with van der Waals surface area (Å²) in [6.45, 7) is 0.401. The van der Waals surface area contributed by atoms with E-state index in [2.05, 4.69) is 5.32 Å². The van der Waals surface area contributed by atoms with Crippen LogP contribution in [0.5, 0.6) is 5.75 Å². The first kappa shape index (κ1) is 13.3. The maximum Gasteiger partial charge on any atom is 0.322 e. The minimum absolute atomic E-state index is 0.401. The smallest absolute Gasteiger partial charge is 0.322 e. The Labute approximate surface area is 101 Å². The lowest BCUT2D eigenvalue weighted by atomic mass is 10.2. The van der Waals surface area contributed by atoms with E-state index in [1.54, 1.807) is 14.2 Å². The summed E-state index contributed by atoms with van der Waals surface area (Å²) in [5.74, 6) is -0.0709. The average molecular weight is 238 g/mol. The highest BCUT2D eigenvalue weighted by Gasteiger charge is 2.17. The number of hydrogen-bond donors (Lipinski definition) is 2. The van der Waals surface area contributed by atoms with E-state index in [9.17, 15) is 4.79 Å². The second-order valence-corrected chi connectivity index (χ2v) is 3.76. The van der Waals surface area contributed by atoms with Crippen LogP contribution in [0.25, 0.3) is 0 Å². The van der Waals surface area contributed by atoms with Crippen LogP contribution in [-0.2, 0) is 4.79 Å². The molecule has 0 fully saturated rings. The van der Waals surface area contributed by atoms with Crippen LogP contribution in [0.15, 0.2) is 24.3 Å². The van der Waals surface area contributed by atoms with Crippen molar-refractivity contribution >= 4 is 11.7 Å². The molecule has 0 bridgehead atoms. The zero-order valence-electron chi connectivity index (χ0n) is 10.3. The van der Waals surface area contributed by atoms with E-state index in [-0.39, 0.29) is 0 Å². The summed E-state index contributed by atoms with van der Waals surface area (Å²) in [5, 5.41) is 11.7. The fourth-order valence-corrected chi connectivity index (χ4v) is 1.51. The van der Waals surface area contributed by atoms with E-state index in [0.717, 1.165) is 11.4 Å². The molecule has 0 aliphatic heterocycles. The summed E-state index contributed by atoms with van der Waals surface area (Å²) < 4.78 is 5.06. The van der Waals surface area contributed by atoms with E-state index in [1.807, 2.05) is 36.2 Å². The number of aliphatic carboxylic acids is 1. The number of carboxylic acid groups (broad SMARTS) is 1. The van der Waals surface area contributed by atoms with Gasteiger partial charge in [-0.1, -0.05) is 0 Å². The Morgan fingerprint density at radius 1 is 1.47 bits per heavy atom. The number of carboxylic acids is 1. The summed E-state index contributed by atoms with van der Waals surface area (Å²) in [6, 6.07) is 6.91. The number of benzene rings is 1. The maximum absolute atomic E-state index is 10.9. The van der Waals surface area contributed by atoms with Crippen molar-refractivity contribution in [2.24, 2.45) is 0 Å². The first-order chi connectivity index (χ1) is 8.08. The third-order valence-electron chi connectivity index (χ3n) is 2.62. The number of rotatable bonds is 6. The van der Waals surface area contributed by atoms with E-state index in [1.165, 1.54) is 0 Å². The largest absolute Gasteiger partial charge is 0.497 e. The van der Waals surface area contributed by atoms with E-state index in [0.29, 0.717) is 6.54 Å². The Balaban J connectivity index is 2.68. The van der Waals surface area contributed by atoms with Crippen LogP contribution < -0.4 is 15.0 Å². The fraction of sp³-hybridized carbons (Fsp3) is 0.417. The van der Waals surface area contributed by atoms with Crippen molar-refractivity contribution in [2.45, 2.75) is 6.04 Å². The Hall–Kier alpha value is -1.75. The molecule has 0 aromatic heterocycles. The number of methoxy groups -OCH3 is 1.